The van der Waals surface area contributed by atoms with Gasteiger partial charge in [0.05, 0.1) is 36.9 Å². The van der Waals surface area contributed by atoms with Crippen LogP contribution in [0.3, 0.4) is 0 Å². The number of aromatic nitrogens is 2. The quantitative estimate of drug-likeness (QED) is 0.711. The summed E-state index contributed by atoms with van der Waals surface area (Å²) in [6.07, 6.45) is 2.35. The summed E-state index contributed by atoms with van der Waals surface area (Å²) in [6, 6.07) is 13.9. The summed E-state index contributed by atoms with van der Waals surface area (Å²) >= 11 is 0. The first-order valence-electron chi connectivity index (χ1n) is 8.34. The van der Waals surface area contributed by atoms with Gasteiger partial charge in [-0.05, 0) is 30.5 Å². The maximum Gasteiger partial charge on any atom is 0.163 e. The minimum absolute atomic E-state index is 0.517. The number of hydrogen-bond acceptors (Lipinski definition) is 4. The van der Waals surface area contributed by atoms with Gasteiger partial charge in [0, 0.05) is 24.6 Å². The summed E-state index contributed by atoms with van der Waals surface area (Å²) < 4.78 is 13.1. The molecule has 0 radical (unpaired) electrons. The Morgan fingerprint density at radius 2 is 1.92 bits per heavy atom. The van der Waals surface area contributed by atoms with Crippen LogP contribution in [0.25, 0.3) is 11.0 Å². The van der Waals surface area contributed by atoms with Crippen molar-refractivity contribution in [2.24, 2.45) is 0 Å². The first-order chi connectivity index (χ1) is 12.2. The monoisotopic (exact) mass is 333 g/mol. The molecule has 0 bridgehead atoms. The van der Waals surface area contributed by atoms with Crippen molar-refractivity contribution < 1.29 is 9.47 Å². The number of benzene rings is 2. The van der Waals surface area contributed by atoms with Gasteiger partial charge >= 0.3 is 0 Å². The number of nitriles is 1. The summed E-state index contributed by atoms with van der Waals surface area (Å²) in [5.74, 6) is 3.01. The molecule has 1 fully saturated rings. The summed E-state index contributed by atoms with van der Waals surface area (Å²) in [6.45, 7) is 0.688. The van der Waals surface area contributed by atoms with E-state index in [1.54, 1.807) is 14.2 Å². The Labute approximate surface area is 146 Å². The van der Waals surface area contributed by atoms with Gasteiger partial charge in [0.2, 0.25) is 0 Å². The number of rotatable bonds is 5. The Balaban J connectivity index is 1.85. The molecule has 0 saturated heterocycles. The molecule has 25 heavy (non-hydrogen) atoms. The lowest BCUT2D eigenvalue weighted by molar-refractivity contribution is 0.355. The van der Waals surface area contributed by atoms with Crippen LogP contribution in [0.15, 0.2) is 36.4 Å². The summed E-state index contributed by atoms with van der Waals surface area (Å²) in [4.78, 5) is 4.86. The standard InChI is InChI=1S/C20H19N3O2/c1-24-18-9-16-17(10-19(18)25-2)23(20(22-16)15-6-7-15)12-14-5-3-4-13(8-14)11-21/h3-5,8-10,15H,6-7,12H2,1-2H3. The second-order valence-electron chi connectivity index (χ2n) is 6.34. The second-order valence-corrected chi connectivity index (χ2v) is 6.34. The minimum atomic E-state index is 0.517. The Morgan fingerprint density at radius 1 is 1.16 bits per heavy atom. The van der Waals surface area contributed by atoms with Gasteiger partial charge in [0.1, 0.15) is 5.82 Å². The van der Waals surface area contributed by atoms with Gasteiger partial charge in [0.25, 0.3) is 0 Å². The van der Waals surface area contributed by atoms with Crippen LogP contribution in [0.1, 0.15) is 35.7 Å². The van der Waals surface area contributed by atoms with Crippen molar-refractivity contribution in [1.29, 1.82) is 5.26 Å². The van der Waals surface area contributed by atoms with Crippen LogP contribution in [0, 0.1) is 11.3 Å². The molecular formula is C20H19N3O2. The summed E-state index contributed by atoms with van der Waals surface area (Å²) in [5, 5.41) is 9.14. The zero-order valence-electron chi connectivity index (χ0n) is 14.3. The van der Waals surface area contributed by atoms with Crippen molar-refractivity contribution in [3.05, 3.63) is 53.3 Å². The van der Waals surface area contributed by atoms with E-state index in [1.807, 2.05) is 36.4 Å². The molecule has 126 valence electrons. The van der Waals surface area contributed by atoms with Gasteiger partial charge in [-0.15, -0.1) is 0 Å². The normalized spacial score (nSPS) is 13.6. The largest absolute Gasteiger partial charge is 0.493 e. The molecule has 4 rings (SSSR count). The fourth-order valence-corrected chi connectivity index (χ4v) is 3.21. The maximum atomic E-state index is 9.14. The third-order valence-electron chi connectivity index (χ3n) is 4.62. The molecule has 0 amide bonds. The molecule has 1 aliphatic carbocycles. The highest BCUT2D eigenvalue weighted by Gasteiger charge is 2.30. The van der Waals surface area contributed by atoms with E-state index in [-0.39, 0.29) is 0 Å². The first-order valence-corrected chi connectivity index (χ1v) is 8.34. The molecule has 3 aromatic rings. The van der Waals surface area contributed by atoms with Gasteiger partial charge in [-0.1, -0.05) is 12.1 Å². The molecular weight excluding hydrogens is 314 g/mol. The smallest absolute Gasteiger partial charge is 0.163 e. The van der Waals surface area contributed by atoms with Crippen molar-refractivity contribution in [3.8, 4) is 17.6 Å². The molecule has 1 aliphatic rings. The molecule has 1 aromatic heterocycles. The molecule has 0 N–H and O–H groups in total. The third kappa shape index (κ3) is 2.80. The maximum absolute atomic E-state index is 9.14. The van der Waals surface area contributed by atoms with E-state index in [2.05, 4.69) is 10.6 Å². The number of methoxy groups -OCH3 is 2. The van der Waals surface area contributed by atoms with Crippen molar-refractivity contribution >= 4 is 11.0 Å². The van der Waals surface area contributed by atoms with E-state index in [4.69, 9.17) is 19.7 Å². The number of ether oxygens (including phenoxy) is 2. The average molecular weight is 333 g/mol. The van der Waals surface area contributed by atoms with Crippen LogP contribution in [-0.2, 0) is 6.54 Å². The molecule has 0 atom stereocenters. The molecule has 0 aliphatic heterocycles. The summed E-state index contributed by atoms with van der Waals surface area (Å²) in [7, 11) is 3.28. The van der Waals surface area contributed by atoms with E-state index in [0.717, 1.165) is 22.4 Å². The minimum Gasteiger partial charge on any atom is -0.493 e. The van der Waals surface area contributed by atoms with Crippen LogP contribution < -0.4 is 9.47 Å². The molecule has 1 saturated carbocycles. The van der Waals surface area contributed by atoms with E-state index in [9.17, 15) is 0 Å². The van der Waals surface area contributed by atoms with Crippen LogP contribution >= 0.6 is 0 Å². The van der Waals surface area contributed by atoms with Crippen LogP contribution in [0.5, 0.6) is 11.5 Å². The fraction of sp³-hybridized carbons (Fsp3) is 0.300. The highest BCUT2D eigenvalue weighted by Crippen LogP contribution is 2.42. The fourth-order valence-electron chi connectivity index (χ4n) is 3.21. The van der Waals surface area contributed by atoms with Crippen molar-refractivity contribution in [1.82, 2.24) is 9.55 Å². The summed E-state index contributed by atoms with van der Waals surface area (Å²) in [5.41, 5.74) is 3.71. The van der Waals surface area contributed by atoms with Gasteiger partial charge in [0.15, 0.2) is 11.5 Å². The Hall–Kier alpha value is -3.00. The van der Waals surface area contributed by atoms with Crippen molar-refractivity contribution in [2.75, 3.05) is 14.2 Å². The molecule has 0 spiro atoms. The van der Waals surface area contributed by atoms with Gasteiger partial charge in [-0.3, -0.25) is 0 Å². The molecule has 5 heteroatoms. The highest BCUT2D eigenvalue weighted by atomic mass is 16.5. The highest BCUT2D eigenvalue weighted by molar-refractivity contribution is 5.81. The van der Waals surface area contributed by atoms with E-state index < -0.39 is 0 Å². The lowest BCUT2D eigenvalue weighted by Gasteiger charge is -2.11. The molecule has 5 nitrogen and oxygen atoms in total. The Morgan fingerprint density at radius 3 is 2.60 bits per heavy atom. The second kappa shape index (κ2) is 6.14. The van der Waals surface area contributed by atoms with Crippen molar-refractivity contribution in [3.63, 3.8) is 0 Å². The molecule has 2 aromatic carbocycles. The van der Waals surface area contributed by atoms with Crippen molar-refractivity contribution in [2.45, 2.75) is 25.3 Å². The first kappa shape index (κ1) is 15.5. The zero-order chi connectivity index (χ0) is 17.4. The lowest BCUT2D eigenvalue weighted by atomic mass is 10.1. The number of nitrogens with zero attached hydrogens (tertiary/aromatic N) is 3. The SMILES string of the molecule is COc1cc2nc(C3CC3)n(Cc3cccc(C#N)c3)c2cc1OC. The molecule has 1 heterocycles. The average Bonchev–Trinajstić information content (AvgIpc) is 3.44. The Bertz CT molecular complexity index is 981. The van der Waals surface area contributed by atoms with E-state index in [1.165, 1.54) is 12.8 Å². The topological polar surface area (TPSA) is 60.1 Å². The van der Waals surface area contributed by atoms with E-state index >= 15 is 0 Å². The van der Waals surface area contributed by atoms with Crippen LogP contribution in [-0.4, -0.2) is 23.8 Å². The predicted octanol–water partition coefficient (Wildman–Crippen LogP) is 3.85. The number of fused-ring (bicyclic) bond motifs is 1. The predicted molar refractivity (Wildman–Crippen MR) is 95.1 cm³/mol. The van der Waals surface area contributed by atoms with E-state index in [0.29, 0.717) is 29.5 Å². The van der Waals surface area contributed by atoms with Gasteiger partial charge in [-0.2, -0.15) is 5.26 Å². The van der Waals surface area contributed by atoms with Gasteiger partial charge in [-0.25, -0.2) is 4.98 Å². The number of hydrogen-bond donors (Lipinski definition) is 0. The third-order valence-corrected chi connectivity index (χ3v) is 4.62. The van der Waals surface area contributed by atoms with Crippen LogP contribution in [0.4, 0.5) is 0 Å². The van der Waals surface area contributed by atoms with Gasteiger partial charge < -0.3 is 14.0 Å². The lowest BCUT2D eigenvalue weighted by Crippen LogP contribution is -2.04. The zero-order valence-corrected chi connectivity index (χ0v) is 14.3. The number of imidazole rings is 1. The Kier molecular flexibility index (Phi) is 3.81. The molecule has 0 unspecified atom stereocenters. The van der Waals surface area contributed by atoms with Crippen LogP contribution in [0.2, 0.25) is 0 Å².